The Bertz CT molecular complexity index is 535. The van der Waals surface area contributed by atoms with Crippen LogP contribution in [0.1, 0.15) is 23.5 Å². The van der Waals surface area contributed by atoms with Crippen molar-refractivity contribution in [1.82, 2.24) is 0 Å². The van der Waals surface area contributed by atoms with E-state index in [2.05, 4.69) is 24.3 Å². The summed E-state index contributed by atoms with van der Waals surface area (Å²) in [7, 11) is 0. The van der Waals surface area contributed by atoms with E-state index >= 15 is 0 Å². The van der Waals surface area contributed by atoms with Gasteiger partial charge < -0.3 is 10.8 Å². The molecule has 0 radical (unpaired) electrons. The van der Waals surface area contributed by atoms with Gasteiger partial charge in [0.1, 0.15) is 5.75 Å². The number of phenolic OH excluding ortho intramolecular Hbond substituents is 1. The number of benzene rings is 2. The largest absolute Gasteiger partial charge is 0.508 e. The summed E-state index contributed by atoms with van der Waals surface area (Å²) in [4.78, 5) is 0. The number of hydrogen-bond donors (Lipinski definition) is 2. The van der Waals surface area contributed by atoms with Crippen LogP contribution in [0.25, 0.3) is 0 Å². The molecule has 0 aromatic heterocycles. The molecule has 0 saturated heterocycles. The van der Waals surface area contributed by atoms with Crippen LogP contribution >= 0.6 is 0 Å². The van der Waals surface area contributed by atoms with Crippen molar-refractivity contribution in [3.05, 3.63) is 65.7 Å². The maximum Gasteiger partial charge on any atom is 0.115 e. The minimum Gasteiger partial charge on any atom is -0.508 e. The summed E-state index contributed by atoms with van der Waals surface area (Å²) in [6.07, 6.45) is 1.94. The Morgan fingerprint density at radius 1 is 1.06 bits per heavy atom. The van der Waals surface area contributed by atoms with Gasteiger partial charge in [0, 0.05) is 11.5 Å². The molecular formula is C16H17NO. The van der Waals surface area contributed by atoms with Crippen LogP contribution in [0.2, 0.25) is 0 Å². The van der Waals surface area contributed by atoms with E-state index in [1.165, 1.54) is 11.1 Å². The third-order valence-electron chi connectivity index (χ3n) is 3.79. The molecule has 0 aliphatic heterocycles. The number of hydrogen-bond acceptors (Lipinski definition) is 2. The van der Waals surface area contributed by atoms with Gasteiger partial charge in [0.05, 0.1) is 0 Å². The predicted octanol–water partition coefficient (Wildman–Crippen LogP) is 2.82. The van der Waals surface area contributed by atoms with Crippen LogP contribution in [0.15, 0.2) is 54.6 Å². The van der Waals surface area contributed by atoms with E-state index in [0.717, 1.165) is 12.8 Å². The lowest BCUT2D eigenvalue weighted by Gasteiger charge is -2.12. The summed E-state index contributed by atoms with van der Waals surface area (Å²) in [5, 5.41) is 9.29. The highest BCUT2D eigenvalue weighted by molar-refractivity contribution is 5.38. The van der Waals surface area contributed by atoms with Gasteiger partial charge in [-0.1, -0.05) is 42.5 Å². The van der Waals surface area contributed by atoms with E-state index in [1.807, 2.05) is 18.2 Å². The first-order valence-electron chi connectivity index (χ1n) is 6.29. The maximum absolute atomic E-state index is 9.29. The summed E-state index contributed by atoms with van der Waals surface area (Å²) in [5.41, 5.74) is 8.84. The lowest BCUT2D eigenvalue weighted by molar-refractivity contribution is 0.475. The number of nitrogens with two attached hydrogens (primary N) is 1. The standard InChI is InChI=1S/C16H17NO/c17-16(10-12-4-2-1-3-5-12)11-15(16)13-6-8-14(18)9-7-13/h1-9,15,18H,10-11,17H2. The molecule has 1 fully saturated rings. The SMILES string of the molecule is NC1(Cc2ccccc2)CC1c1ccc(O)cc1. The molecule has 18 heavy (non-hydrogen) atoms. The van der Waals surface area contributed by atoms with Crippen LogP contribution in [0, 0.1) is 0 Å². The van der Waals surface area contributed by atoms with Crippen LogP contribution in [-0.4, -0.2) is 10.6 Å². The second-order valence-electron chi connectivity index (χ2n) is 5.24. The van der Waals surface area contributed by atoms with Gasteiger partial charge in [-0.05, 0) is 36.1 Å². The van der Waals surface area contributed by atoms with Crippen molar-refractivity contribution in [2.45, 2.75) is 24.3 Å². The van der Waals surface area contributed by atoms with Crippen molar-refractivity contribution in [2.24, 2.45) is 5.73 Å². The fourth-order valence-electron chi connectivity index (χ4n) is 2.65. The molecule has 2 nitrogen and oxygen atoms in total. The first-order chi connectivity index (χ1) is 8.67. The molecule has 0 spiro atoms. The molecule has 2 heteroatoms. The van der Waals surface area contributed by atoms with Crippen LogP contribution in [0.3, 0.4) is 0 Å². The lowest BCUT2D eigenvalue weighted by atomic mass is 9.99. The normalized spacial score (nSPS) is 25.9. The van der Waals surface area contributed by atoms with Crippen molar-refractivity contribution in [1.29, 1.82) is 0 Å². The first kappa shape index (κ1) is 11.3. The fourth-order valence-corrected chi connectivity index (χ4v) is 2.65. The van der Waals surface area contributed by atoms with E-state index in [0.29, 0.717) is 11.7 Å². The van der Waals surface area contributed by atoms with Gasteiger partial charge in [-0.3, -0.25) is 0 Å². The number of rotatable bonds is 3. The summed E-state index contributed by atoms with van der Waals surface area (Å²) in [6.45, 7) is 0. The summed E-state index contributed by atoms with van der Waals surface area (Å²) in [6, 6.07) is 17.8. The van der Waals surface area contributed by atoms with E-state index in [4.69, 9.17) is 5.73 Å². The second kappa shape index (κ2) is 4.14. The smallest absolute Gasteiger partial charge is 0.115 e. The zero-order chi connectivity index (χ0) is 12.6. The minimum atomic E-state index is -0.113. The van der Waals surface area contributed by atoms with Crippen molar-refractivity contribution in [2.75, 3.05) is 0 Å². The van der Waals surface area contributed by atoms with Gasteiger partial charge in [0.25, 0.3) is 0 Å². The van der Waals surface area contributed by atoms with Crippen molar-refractivity contribution in [3.63, 3.8) is 0 Å². The zero-order valence-electron chi connectivity index (χ0n) is 10.2. The van der Waals surface area contributed by atoms with Gasteiger partial charge in [-0.15, -0.1) is 0 Å². The van der Waals surface area contributed by atoms with Crippen LogP contribution in [-0.2, 0) is 6.42 Å². The van der Waals surface area contributed by atoms with Gasteiger partial charge >= 0.3 is 0 Å². The van der Waals surface area contributed by atoms with Gasteiger partial charge in [0.2, 0.25) is 0 Å². The van der Waals surface area contributed by atoms with E-state index in [-0.39, 0.29) is 5.54 Å². The molecule has 1 aliphatic rings. The number of aromatic hydroxyl groups is 1. The summed E-state index contributed by atoms with van der Waals surface area (Å²) in [5.74, 6) is 0.725. The second-order valence-corrected chi connectivity index (χ2v) is 5.24. The molecule has 2 atom stereocenters. The molecule has 0 bridgehead atoms. The topological polar surface area (TPSA) is 46.2 Å². The molecule has 3 rings (SSSR count). The molecular weight excluding hydrogens is 222 g/mol. The van der Waals surface area contributed by atoms with E-state index < -0.39 is 0 Å². The van der Waals surface area contributed by atoms with Gasteiger partial charge in [-0.25, -0.2) is 0 Å². The highest BCUT2D eigenvalue weighted by atomic mass is 16.3. The first-order valence-corrected chi connectivity index (χ1v) is 6.29. The Balaban J connectivity index is 1.74. The van der Waals surface area contributed by atoms with Gasteiger partial charge in [-0.2, -0.15) is 0 Å². The third kappa shape index (κ3) is 2.12. The average Bonchev–Trinajstić information content (AvgIpc) is 3.03. The minimum absolute atomic E-state index is 0.113. The highest BCUT2D eigenvalue weighted by Gasteiger charge is 2.51. The van der Waals surface area contributed by atoms with Crippen molar-refractivity contribution in [3.8, 4) is 5.75 Å². The average molecular weight is 239 g/mol. The third-order valence-corrected chi connectivity index (χ3v) is 3.79. The summed E-state index contributed by atoms with van der Waals surface area (Å²) < 4.78 is 0. The quantitative estimate of drug-likeness (QED) is 0.865. The van der Waals surface area contributed by atoms with Gasteiger partial charge in [0.15, 0.2) is 0 Å². The van der Waals surface area contributed by atoms with Crippen molar-refractivity contribution >= 4 is 0 Å². The maximum atomic E-state index is 9.29. The molecule has 2 unspecified atom stereocenters. The molecule has 1 saturated carbocycles. The molecule has 2 aromatic rings. The Labute approximate surface area is 107 Å². The lowest BCUT2D eigenvalue weighted by Crippen LogP contribution is -2.27. The Morgan fingerprint density at radius 2 is 1.72 bits per heavy atom. The van der Waals surface area contributed by atoms with Crippen LogP contribution < -0.4 is 5.73 Å². The summed E-state index contributed by atoms with van der Waals surface area (Å²) >= 11 is 0. The number of phenols is 1. The Hall–Kier alpha value is -1.80. The fraction of sp³-hybridized carbons (Fsp3) is 0.250. The Morgan fingerprint density at radius 3 is 2.39 bits per heavy atom. The van der Waals surface area contributed by atoms with Crippen molar-refractivity contribution < 1.29 is 5.11 Å². The molecule has 0 amide bonds. The zero-order valence-corrected chi connectivity index (χ0v) is 10.2. The molecule has 92 valence electrons. The highest BCUT2D eigenvalue weighted by Crippen LogP contribution is 2.51. The molecule has 3 N–H and O–H groups in total. The Kier molecular flexibility index (Phi) is 2.60. The molecule has 1 aliphatic carbocycles. The molecule has 0 heterocycles. The van der Waals surface area contributed by atoms with E-state index in [9.17, 15) is 5.11 Å². The van der Waals surface area contributed by atoms with Crippen LogP contribution in [0.4, 0.5) is 0 Å². The molecule has 2 aromatic carbocycles. The van der Waals surface area contributed by atoms with E-state index in [1.54, 1.807) is 12.1 Å². The van der Waals surface area contributed by atoms with Crippen LogP contribution in [0.5, 0.6) is 5.75 Å². The monoisotopic (exact) mass is 239 g/mol. The predicted molar refractivity (Wildman–Crippen MR) is 72.5 cm³/mol.